The van der Waals surface area contributed by atoms with Gasteiger partial charge in [0.1, 0.15) is 22.8 Å². The van der Waals surface area contributed by atoms with Crippen molar-refractivity contribution in [1.82, 2.24) is 15.0 Å². The van der Waals surface area contributed by atoms with Crippen LogP contribution in [0.3, 0.4) is 0 Å². The number of carbonyl (C=O) groups is 2. The summed E-state index contributed by atoms with van der Waals surface area (Å²) >= 11 is 1.48. The molecule has 0 spiro atoms. The van der Waals surface area contributed by atoms with Gasteiger partial charge in [0, 0.05) is 36.4 Å². The zero-order chi connectivity index (χ0) is 22.2. The maximum Gasteiger partial charge on any atom is 0.264 e. The smallest absolute Gasteiger partial charge is 0.264 e. The van der Waals surface area contributed by atoms with Crippen molar-refractivity contribution < 1.29 is 18.5 Å². The van der Waals surface area contributed by atoms with Crippen LogP contribution >= 0.6 is 11.3 Å². The summed E-state index contributed by atoms with van der Waals surface area (Å²) in [6, 6.07) is 15.8. The van der Waals surface area contributed by atoms with Crippen LogP contribution in [0.25, 0.3) is 21.3 Å². The number of aryl methyl sites for hydroxylation is 1. The lowest BCUT2D eigenvalue weighted by atomic mass is 10.0. The standard InChI is InChI=1S/C24H20FN3O3S/c1-15-21(22(26-31-15)17-6-4-7-18(25)13-17)24(30)28-11-9-27(10-12-28)23(29)20-14-16-5-2-3-8-19(16)32-20/h2-8,13-14H,9-12H2,1H3. The van der Waals surface area contributed by atoms with E-state index in [0.29, 0.717) is 53.6 Å². The molecule has 2 aromatic heterocycles. The topological polar surface area (TPSA) is 66.7 Å². The first kappa shape index (κ1) is 20.4. The number of halogens is 1. The van der Waals surface area contributed by atoms with Crippen molar-refractivity contribution in [3.05, 3.63) is 76.6 Å². The molecule has 8 heteroatoms. The number of rotatable bonds is 3. The minimum Gasteiger partial charge on any atom is -0.360 e. The van der Waals surface area contributed by atoms with Gasteiger partial charge in [0.2, 0.25) is 0 Å². The molecule has 1 aliphatic heterocycles. The molecule has 5 rings (SSSR count). The van der Waals surface area contributed by atoms with Crippen LogP contribution < -0.4 is 0 Å². The third kappa shape index (κ3) is 3.67. The van der Waals surface area contributed by atoms with E-state index in [-0.39, 0.29) is 11.8 Å². The van der Waals surface area contributed by atoms with Crippen LogP contribution in [0.4, 0.5) is 4.39 Å². The monoisotopic (exact) mass is 449 g/mol. The molecule has 0 radical (unpaired) electrons. The summed E-state index contributed by atoms with van der Waals surface area (Å²) in [5, 5.41) is 5.05. The molecule has 162 valence electrons. The lowest BCUT2D eigenvalue weighted by Gasteiger charge is -2.34. The second-order valence-electron chi connectivity index (χ2n) is 7.71. The maximum absolute atomic E-state index is 13.7. The van der Waals surface area contributed by atoms with Crippen molar-refractivity contribution in [2.45, 2.75) is 6.92 Å². The molecule has 32 heavy (non-hydrogen) atoms. The molecular formula is C24H20FN3O3S. The molecule has 3 heterocycles. The van der Waals surface area contributed by atoms with Gasteiger partial charge >= 0.3 is 0 Å². The van der Waals surface area contributed by atoms with Gasteiger partial charge in [0.25, 0.3) is 11.8 Å². The number of hydrogen-bond donors (Lipinski definition) is 0. The molecule has 0 N–H and O–H groups in total. The first-order valence-corrected chi connectivity index (χ1v) is 11.1. The Hall–Kier alpha value is -3.52. The van der Waals surface area contributed by atoms with E-state index in [2.05, 4.69) is 5.16 Å². The Morgan fingerprint density at radius 1 is 0.969 bits per heavy atom. The fourth-order valence-corrected chi connectivity index (χ4v) is 5.00. The minimum absolute atomic E-state index is 0.0140. The van der Waals surface area contributed by atoms with Gasteiger partial charge in [0.15, 0.2) is 0 Å². The van der Waals surface area contributed by atoms with Crippen LogP contribution in [-0.2, 0) is 0 Å². The molecule has 4 aromatic rings. The van der Waals surface area contributed by atoms with Crippen LogP contribution in [-0.4, -0.2) is 52.9 Å². The summed E-state index contributed by atoms with van der Waals surface area (Å²) < 4.78 is 20.0. The molecule has 2 aromatic carbocycles. The van der Waals surface area contributed by atoms with E-state index in [4.69, 9.17) is 4.52 Å². The highest BCUT2D eigenvalue weighted by Gasteiger charge is 2.30. The highest BCUT2D eigenvalue weighted by molar-refractivity contribution is 7.20. The number of aromatic nitrogens is 1. The Kier molecular flexibility index (Phi) is 5.22. The Balaban J connectivity index is 1.31. The molecule has 0 saturated carbocycles. The number of nitrogens with zero attached hydrogens (tertiary/aromatic N) is 3. The predicted molar refractivity (Wildman–Crippen MR) is 120 cm³/mol. The van der Waals surface area contributed by atoms with Crippen LogP contribution in [0.1, 0.15) is 25.8 Å². The quantitative estimate of drug-likeness (QED) is 0.458. The molecule has 2 amide bonds. The third-order valence-corrected chi connectivity index (χ3v) is 6.77. The molecule has 0 aliphatic carbocycles. The lowest BCUT2D eigenvalue weighted by molar-refractivity contribution is 0.0537. The second kappa shape index (κ2) is 8.20. The number of thiophene rings is 1. The van der Waals surface area contributed by atoms with Crippen molar-refractivity contribution in [2.24, 2.45) is 0 Å². The van der Waals surface area contributed by atoms with Gasteiger partial charge in [-0.05, 0) is 36.6 Å². The molecule has 0 unspecified atom stereocenters. The van der Waals surface area contributed by atoms with Gasteiger partial charge in [-0.1, -0.05) is 35.5 Å². The summed E-state index contributed by atoms with van der Waals surface area (Å²) in [4.78, 5) is 30.4. The van der Waals surface area contributed by atoms with Crippen LogP contribution in [0.2, 0.25) is 0 Å². The molecule has 1 aliphatic rings. The van der Waals surface area contributed by atoms with Crippen molar-refractivity contribution in [3.8, 4) is 11.3 Å². The van der Waals surface area contributed by atoms with E-state index in [0.717, 1.165) is 10.1 Å². The summed E-state index contributed by atoms with van der Waals surface area (Å²) in [7, 11) is 0. The predicted octanol–water partition coefficient (Wildman–Crippen LogP) is 4.60. The first-order valence-electron chi connectivity index (χ1n) is 10.3. The first-order chi connectivity index (χ1) is 15.5. The minimum atomic E-state index is -0.407. The van der Waals surface area contributed by atoms with E-state index >= 15 is 0 Å². The molecule has 1 saturated heterocycles. The largest absolute Gasteiger partial charge is 0.360 e. The molecule has 0 bridgehead atoms. The van der Waals surface area contributed by atoms with Crippen molar-refractivity contribution in [2.75, 3.05) is 26.2 Å². The zero-order valence-electron chi connectivity index (χ0n) is 17.4. The van der Waals surface area contributed by atoms with Crippen molar-refractivity contribution >= 4 is 33.2 Å². The van der Waals surface area contributed by atoms with Gasteiger partial charge in [-0.3, -0.25) is 9.59 Å². The number of benzene rings is 2. The van der Waals surface area contributed by atoms with Gasteiger partial charge in [0.05, 0.1) is 4.88 Å². The summed E-state index contributed by atoms with van der Waals surface area (Å²) in [6.45, 7) is 3.37. The van der Waals surface area contributed by atoms with Gasteiger partial charge in [-0.25, -0.2) is 4.39 Å². The summed E-state index contributed by atoms with van der Waals surface area (Å²) in [6.07, 6.45) is 0. The number of piperazine rings is 1. The van der Waals surface area contributed by atoms with Crippen LogP contribution in [0, 0.1) is 12.7 Å². The molecule has 1 fully saturated rings. The van der Waals surface area contributed by atoms with Crippen LogP contribution in [0.15, 0.2) is 59.1 Å². The average molecular weight is 450 g/mol. The van der Waals surface area contributed by atoms with Crippen LogP contribution in [0.5, 0.6) is 0 Å². The van der Waals surface area contributed by atoms with Gasteiger partial charge < -0.3 is 14.3 Å². The number of amides is 2. The van der Waals surface area contributed by atoms with Crippen molar-refractivity contribution in [1.29, 1.82) is 0 Å². The van der Waals surface area contributed by atoms with Crippen molar-refractivity contribution in [3.63, 3.8) is 0 Å². The van der Waals surface area contributed by atoms with Gasteiger partial charge in [-0.2, -0.15) is 0 Å². The summed E-state index contributed by atoms with van der Waals surface area (Å²) in [5.74, 6) is -0.259. The highest BCUT2D eigenvalue weighted by Crippen LogP contribution is 2.29. The number of fused-ring (bicyclic) bond motifs is 1. The number of carbonyl (C=O) groups excluding carboxylic acids is 2. The normalized spacial score (nSPS) is 14.2. The van der Waals surface area contributed by atoms with E-state index in [1.54, 1.807) is 28.9 Å². The Bertz CT molecular complexity index is 1290. The third-order valence-electron chi connectivity index (χ3n) is 5.67. The highest BCUT2D eigenvalue weighted by atomic mass is 32.1. The maximum atomic E-state index is 13.7. The average Bonchev–Trinajstić information content (AvgIpc) is 3.42. The lowest BCUT2D eigenvalue weighted by Crippen LogP contribution is -2.50. The molecular weight excluding hydrogens is 429 g/mol. The second-order valence-corrected chi connectivity index (χ2v) is 8.79. The van der Waals surface area contributed by atoms with E-state index in [9.17, 15) is 14.0 Å². The Morgan fingerprint density at radius 3 is 2.41 bits per heavy atom. The van der Waals surface area contributed by atoms with E-state index in [1.807, 2.05) is 30.3 Å². The van der Waals surface area contributed by atoms with E-state index < -0.39 is 5.82 Å². The van der Waals surface area contributed by atoms with E-state index in [1.165, 1.54) is 23.5 Å². The molecule has 0 atom stereocenters. The molecule has 6 nitrogen and oxygen atoms in total. The zero-order valence-corrected chi connectivity index (χ0v) is 18.2. The fourth-order valence-electron chi connectivity index (χ4n) is 3.97. The van der Waals surface area contributed by atoms with Gasteiger partial charge in [-0.15, -0.1) is 11.3 Å². The SMILES string of the molecule is Cc1onc(-c2cccc(F)c2)c1C(=O)N1CCN(C(=O)c2cc3ccccc3s2)CC1. The fraction of sp³-hybridized carbons (Fsp3) is 0.208. The summed E-state index contributed by atoms with van der Waals surface area (Å²) in [5.41, 5.74) is 1.15. The Labute approximate surface area is 187 Å². The number of hydrogen-bond acceptors (Lipinski definition) is 5. The Morgan fingerprint density at radius 2 is 1.69 bits per heavy atom.